The van der Waals surface area contributed by atoms with E-state index in [1.54, 1.807) is 14.2 Å². The number of ether oxygens (including phenoxy) is 4. The van der Waals surface area contributed by atoms with E-state index in [0.29, 0.717) is 12.1 Å². The number of hydrogen-bond donors (Lipinski definition) is 0. The van der Waals surface area contributed by atoms with Gasteiger partial charge in [-0.05, 0) is 0 Å². The predicted molar refractivity (Wildman–Crippen MR) is 193 cm³/mol. The van der Waals surface area contributed by atoms with Crippen LogP contribution in [0, 0.1) is 0 Å². The summed E-state index contributed by atoms with van der Waals surface area (Å²) < 4.78 is 27.2. The van der Waals surface area contributed by atoms with Gasteiger partial charge in [0.1, 0.15) is 0 Å². The van der Waals surface area contributed by atoms with Crippen LogP contribution in [0.15, 0.2) is 84.9 Å². The summed E-state index contributed by atoms with van der Waals surface area (Å²) in [6.45, 7) is 12.2. The Morgan fingerprint density at radius 3 is 1.37 bits per heavy atom. The number of benzene rings is 4. The van der Waals surface area contributed by atoms with E-state index in [1.165, 1.54) is 41.2 Å². The molecule has 0 aliphatic carbocycles. The van der Waals surface area contributed by atoms with Crippen LogP contribution in [-0.4, -0.2) is 48.3 Å². The Kier molecular flexibility index (Phi) is 12.2. The van der Waals surface area contributed by atoms with Crippen LogP contribution in [0.5, 0.6) is 23.0 Å². The molecule has 2 atom stereocenters. The van der Waals surface area contributed by atoms with Gasteiger partial charge in [0, 0.05) is 0 Å². The Bertz CT molecular complexity index is 1540. The Morgan fingerprint density at radius 2 is 1.00 bits per heavy atom. The fourth-order valence-corrected chi connectivity index (χ4v) is 16.7. The van der Waals surface area contributed by atoms with Crippen molar-refractivity contribution in [2.45, 2.75) is 98.9 Å². The molecule has 2 unspecified atom stereocenters. The molecule has 0 amide bonds. The van der Waals surface area contributed by atoms with E-state index in [4.69, 9.17) is 18.9 Å². The van der Waals surface area contributed by atoms with Gasteiger partial charge in [-0.15, -0.1) is 0 Å². The zero-order chi connectivity index (χ0) is 34.3. The first-order chi connectivity index (χ1) is 23.8. The molecule has 0 fully saturated rings. The predicted octanol–water partition coefficient (Wildman–Crippen LogP) is 8.75. The topological polar surface area (TPSA) is 43.4 Å². The van der Waals surface area contributed by atoms with Gasteiger partial charge in [0.05, 0.1) is 0 Å². The molecule has 2 aliphatic rings. The second-order valence-corrected chi connectivity index (χ2v) is 21.5. The first-order valence-electron chi connectivity index (χ1n) is 18.1. The minimum atomic E-state index is -1.39. The van der Waals surface area contributed by atoms with Gasteiger partial charge in [-0.25, -0.2) is 0 Å². The van der Waals surface area contributed by atoms with E-state index < -0.39 is 24.6 Å². The van der Waals surface area contributed by atoms with Gasteiger partial charge < -0.3 is 0 Å². The van der Waals surface area contributed by atoms with Gasteiger partial charge in [0.25, 0.3) is 0 Å². The molecule has 6 nitrogen and oxygen atoms in total. The third-order valence-electron chi connectivity index (χ3n) is 9.98. The molecule has 7 heteroatoms. The van der Waals surface area contributed by atoms with Crippen LogP contribution in [0.2, 0.25) is 7.86 Å². The van der Waals surface area contributed by atoms with Crippen molar-refractivity contribution in [3.63, 3.8) is 0 Å². The van der Waals surface area contributed by atoms with Gasteiger partial charge in [-0.1, -0.05) is 0 Å². The summed E-state index contributed by atoms with van der Waals surface area (Å²) >= 11 is -1.39. The monoisotopic (exact) mass is 850 g/mol. The summed E-state index contributed by atoms with van der Waals surface area (Å²) in [7, 11) is 3.51. The molecular formula is C42H52HgN2O4. The van der Waals surface area contributed by atoms with Crippen molar-refractivity contribution >= 4 is 0 Å². The molecule has 0 spiro atoms. The summed E-state index contributed by atoms with van der Waals surface area (Å²) in [6, 6.07) is 31.6. The molecule has 0 saturated carbocycles. The van der Waals surface area contributed by atoms with Crippen molar-refractivity contribution in [3.05, 3.63) is 118 Å². The normalized spacial score (nSPS) is 17.7. The summed E-state index contributed by atoms with van der Waals surface area (Å²) in [6.07, 6.45) is 2.20. The van der Waals surface area contributed by atoms with Crippen LogP contribution in [0.4, 0.5) is 0 Å². The van der Waals surface area contributed by atoms with Crippen molar-refractivity contribution in [2.24, 2.45) is 0 Å². The molecule has 0 bridgehead atoms. The summed E-state index contributed by atoms with van der Waals surface area (Å²) in [5.41, 5.74) is 8.18. The molecule has 0 N–H and O–H groups in total. The fraction of sp³-hybridized carbons (Fsp3) is 0.429. The quantitative estimate of drug-likeness (QED) is 0.118. The third kappa shape index (κ3) is 8.82. The van der Waals surface area contributed by atoms with Gasteiger partial charge in [0.2, 0.25) is 0 Å². The molecular weight excluding hydrogens is 797 g/mol. The Balaban J connectivity index is 1.26. The molecule has 0 saturated heterocycles. The Hall–Kier alpha value is -3.06. The summed E-state index contributed by atoms with van der Waals surface area (Å²) in [4.78, 5) is 5.47. The van der Waals surface area contributed by atoms with Crippen LogP contribution in [0.3, 0.4) is 0 Å². The van der Waals surface area contributed by atoms with E-state index in [-0.39, 0.29) is 12.2 Å². The zero-order valence-electron chi connectivity index (χ0n) is 30.3. The van der Waals surface area contributed by atoms with Gasteiger partial charge in [-0.3, -0.25) is 0 Å². The van der Waals surface area contributed by atoms with Crippen molar-refractivity contribution in [1.29, 1.82) is 0 Å². The van der Waals surface area contributed by atoms with Gasteiger partial charge in [-0.2, -0.15) is 0 Å². The number of fused-ring (bicyclic) bond motifs is 2. The Labute approximate surface area is 306 Å². The number of methoxy groups -OCH3 is 2. The standard InChI is InChI=1S/2C21H26NO2.Hg/c2*1-15(2)24-21-19-12-16(3)22(13-17-8-6-5-7-9-17)14-18(19)10-11-20(21)23-4;/h2*5-11,15-16H,3,12-14H2,1-2,4H3;. The summed E-state index contributed by atoms with van der Waals surface area (Å²) in [5, 5.41) is 0. The summed E-state index contributed by atoms with van der Waals surface area (Å²) in [5.74, 6) is 3.58. The van der Waals surface area contributed by atoms with E-state index in [2.05, 4.69) is 122 Å². The van der Waals surface area contributed by atoms with E-state index in [1.807, 2.05) is 0 Å². The molecule has 0 aromatic heterocycles. The maximum absolute atomic E-state index is 6.44. The van der Waals surface area contributed by atoms with Crippen molar-refractivity contribution in [2.75, 3.05) is 14.2 Å². The van der Waals surface area contributed by atoms with Crippen LogP contribution >= 0.6 is 0 Å². The minimum absolute atomic E-state index is 0.0918. The zero-order valence-corrected chi connectivity index (χ0v) is 35.8. The molecule has 6 rings (SSSR count). The number of rotatable bonds is 14. The van der Waals surface area contributed by atoms with Crippen LogP contribution in [-0.2, 0) is 63.6 Å². The molecule has 2 heterocycles. The van der Waals surface area contributed by atoms with E-state index >= 15 is 0 Å². The molecule has 0 radical (unpaired) electrons. The van der Waals surface area contributed by atoms with Crippen molar-refractivity contribution < 1.29 is 43.5 Å². The molecule has 4 aromatic carbocycles. The first-order valence-corrected chi connectivity index (χ1v) is 25.9. The van der Waals surface area contributed by atoms with E-state index in [9.17, 15) is 0 Å². The van der Waals surface area contributed by atoms with Crippen LogP contribution < -0.4 is 18.9 Å². The van der Waals surface area contributed by atoms with Crippen LogP contribution in [0.25, 0.3) is 0 Å². The van der Waals surface area contributed by atoms with Crippen molar-refractivity contribution in [1.82, 2.24) is 9.80 Å². The third-order valence-corrected chi connectivity index (χ3v) is 18.3. The van der Waals surface area contributed by atoms with Crippen molar-refractivity contribution in [3.8, 4) is 23.0 Å². The Morgan fingerprint density at radius 1 is 0.592 bits per heavy atom. The van der Waals surface area contributed by atoms with Gasteiger partial charge >= 0.3 is 308 Å². The second kappa shape index (κ2) is 16.8. The fourth-order valence-electron chi connectivity index (χ4n) is 7.68. The van der Waals surface area contributed by atoms with E-state index in [0.717, 1.165) is 62.0 Å². The molecule has 2 aliphatic heterocycles. The maximum atomic E-state index is 6.44. The van der Waals surface area contributed by atoms with Crippen LogP contribution in [0.1, 0.15) is 61.1 Å². The average Bonchev–Trinajstić information content (AvgIpc) is 3.09. The average molecular weight is 849 g/mol. The number of nitrogens with zero attached hydrogens (tertiary/aromatic N) is 2. The SMILES string of the molecule is COc1ccc2c(c1OC(C)C)CC([CH2][Hg][CH2]C1Cc3c(ccc(OC)c3OC(C)C)CN1Cc1ccccc1)N(Cc1ccccc1)C2. The molecule has 4 aromatic rings. The first kappa shape index (κ1) is 35.8. The number of hydrogen-bond acceptors (Lipinski definition) is 6. The second-order valence-electron chi connectivity index (χ2n) is 14.2. The van der Waals surface area contributed by atoms with Gasteiger partial charge in [0.15, 0.2) is 0 Å². The molecule has 49 heavy (non-hydrogen) atoms. The molecule has 256 valence electrons.